The Balaban J connectivity index is 1.96. The Morgan fingerprint density at radius 3 is 2.74 bits per heavy atom. The summed E-state index contributed by atoms with van der Waals surface area (Å²) in [6.45, 7) is 1.95. The molecule has 0 saturated heterocycles. The normalized spacial score (nSPS) is 15.9. The van der Waals surface area contributed by atoms with Gasteiger partial charge in [0.2, 0.25) is 0 Å². The number of benzene rings is 1. The SMILES string of the molecule is Cc1sc2c(c1CO)S(Nc1cnn(C)c1)=C(c1ccccc1CO)N=C2. The second-order valence-electron chi connectivity index (χ2n) is 6.18. The maximum Gasteiger partial charge on any atom is 0.117 e. The van der Waals surface area contributed by atoms with Gasteiger partial charge >= 0.3 is 0 Å². The molecule has 0 spiro atoms. The zero-order valence-electron chi connectivity index (χ0n) is 15.0. The molecule has 4 rings (SSSR count). The molecule has 2 aromatic heterocycles. The minimum absolute atomic E-state index is 0.0152. The number of aryl methyl sites for hydroxylation is 2. The van der Waals surface area contributed by atoms with Crippen molar-refractivity contribution >= 4 is 38.9 Å². The summed E-state index contributed by atoms with van der Waals surface area (Å²) in [5, 5.41) is 24.0. The van der Waals surface area contributed by atoms with Gasteiger partial charge in [0.05, 0.1) is 30.0 Å². The standard InChI is InChI=1S/C19H20N4O2S2/c1-12-16(11-25)18-17(26-12)8-20-19(15-6-4-3-5-13(15)10-24)27(18)22-14-7-21-23(2)9-14/h3-9,22,24-25H,10-11H2,1-2H3. The predicted octanol–water partition coefficient (Wildman–Crippen LogP) is 3.04. The minimum atomic E-state index is -0.594. The van der Waals surface area contributed by atoms with Crippen LogP contribution in [0.15, 0.2) is 46.5 Å². The van der Waals surface area contributed by atoms with E-state index in [1.54, 1.807) is 22.2 Å². The van der Waals surface area contributed by atoms with Crippen molar-refractivity contribution in [1.29, 1.82) is 0 Å². The third kappa shape index (κ3) is 3.25. The van der Waals surface area contributed by atoms with Gasteiger partial charge in [-0.25, -0.2) is 4.99 Å². The van der Waals surface area contributed by atoms with E-state index in [9.17, 15) is 10.2 Å². The zero-order valence-corrected chi connectivity index (χ0v) is 16.6. The molecule has 0 fully saturated rings. The first kappa shape index (κ1) is 18.1. The van der Waals surface area contributed by atoms with Gasteiger partial charge in [0.25, 0.3) is 0 Å². The van der Waals surface area contributed by atoms with Gasteiger partial charge in [0.15, 0.2) is 0 Å². The van der Waals surface area contributed by atoms with E-state index in [4.69, 9.17) is 4.99 Å². The first-order chi connectivity index (χ1) is 13.1. The van der Waals surface area contributed by atoms with E-state index in [1.807, 2.05) is 50.6 Å². The van der Waals surface area contributed by atoms with Crippen LogP contribution in [0.4, 0.5) is 5.69 Å². The van der Waals surface area contributed by atoms with Crippen LogP contribution in [0.5, 0.6) is 0 Å². The average Bonchev–Trinajstić information content (AvgIpc) is 3.23. The van der Waals surface area contributed by atoms with Crippen molar-refractivity contribution in [2.75, 3.05) is 4.72 Å². The monoisotopic (exact) mass is 400 g/mol. The number of hydrogen-bond acceptors (Lipinski definition) is 6. The summed E-state index contributed by atoms with van der Waals surface area (Å²) in [6.07, 6.45) is 5.56. The highest BCUT2D eigenvalue weighted by Crippen LogP contribution is 2.44. The van der Waals surface area contributed by atoms with Crippen molar-refractivity contribution in [1.82, 2.24) is 9.78 Å². The fraction of sp³-hybridized carbons (Fsp3) is 0.211. The predicted molar refractivity (Wildman–Crippen MR) is 112 cm³/mol. The number of nitrogens with zero attached hydrogens (tertiary/aromatic N) is 3. The van der Waals surface area contributed by atoms with Gasteiger partial charge in [-0.1, -0.05) is 24.3 Å². The van der Waals surface area contributed by atoms with E-state index in [2.05, 4.69) is 9.82 Å². The highest BCUT2D eigenvalue weighted by molar-refractivity contribution is 8.17. The summed E-state index contributed by atoms with van der Waals surface area (Å²) in [5.74, 6) is 0. The van der Waals surface area contributed by atoms with E-state index in [-0.39, 0.29) is 13.2 Å². The number of aliphatic hydroxyl groups is 2. The minimum Gasteiger partial charge on any atom is -0.392 e. The maximum absolute atomic E-state index is 9.98. The summed E-state index contributed by atoms with van der Waals surface area (Å²) >= 11 is 1.64. The number of fused-ring (bicyclic) bond motifs is 1. The van der Waals surface area contributed by atoms with Crippen molar-refractivity contribution in [3.05, 3.63) is 63.1 Å². The second-order valence-corrected chi connectivity index (χ2v) is 9.05. The fourth-order valence-corrected chi connectivity index (χ4v) is 6.49. The van der Waals surface area contributed by atoms with Crippen LogP contribution in [0.1, 0.15) is 26.4 Å². The van der Waals surface area contributed by atoms with E-state index < -0.39 is 10.7 Å². The zero-order chi connectivity index (χ0) is 19.0. The number of nitrogens with one attached hydrogen (secondary N) is 1. The lowest BCUT2D eigenvalue weighted by atomic mass is 10.1. The largest absolute Gasteiger partial charge is 0.392 e. The summed E-state index contributed by atoms with van der Waals surface area (Å²) in [4.78, 5) is 8.83. The van der Waals surface area contributed by atoms with Crippen molar-refractivity contribution in [3.8, 4) is 0 Å². The van der Waals surface area contributed by atoms with Crippen LogP contribution < -0.4 is 4.72 Å². The number of anilines is 1. The third-order valence-electron chi connectivity index (χ3n) is 4.38. The van der Waals surface area contributed by atoms with Crippen molar-refractivity contribution in [3.63, 3.8) is 0 Å². The first-order valence-corrected chi connectivity index (χ1v) is 10.5. The molecule has 1 aliphatic heterocycles. The molecule has 0 amide bonds. The van der Waals surface area contributed by atoms with Crippen LogP contribution in [-0.2, 0) is 20.3 Å². The van der Waals surface area contributed by atoms with Crippen LogP contribution in [-0.4, -0.2) is 31.2 Å². The molecule has 27 heavy (non-hydrogen) atoms. The molecule has 0 saturated carbocycles. The van der Waals surface area contributed by atoms with Gasteiger partial charge in [-0.15, -0.1) is 11.3 Å². The summed E-state index contributed by atoms with van der Waals surface area (Å²) in [6, 6.07) is 7.74. The summed E-state index contributed by atoms with van der Waals surface area (Å²) in [5.41, 5.74) is 3.57. The van der Waals surface area contributed by atoms with Gasteiger partial charge in [0.1, 0.15) is 4.99 Å². The molecule has 3 N–H and O–H groups in total. The Morgan fingerprint density at radius 1 is 1.22 bits per heavy atom. The second kappa shape index (κ2) is 7.40. The Hall–Kier alpha value is -2.26. The molecule has 1 aliphatic rings. The van der Waals surface area contributed by atoms with Crippen LogP contribution in [0.25, 0.3) is 0 Å². The van der Waals surface area contributed by atoms with Crippen LogP contribution >= 0.6 is 22.0 Å². The van der Waals surface area contributed by atoms with Gasteiger partial charge in [0, 0.05) is 40.4 Å². The smallest absolute Gasteiger partial charge is 0.117 e. The average molecular weight is 401 g/mol. The topological polar surface area (TPSA) is 82.7 Å². The Labute approximate surface area is 163 Å². The molecule has 0 bridgehead atoms. The number of aliphatic hydroxyl groups excluding tert-OH is 2. The summed E-state index contributed by atoms with van der Waals surface area (Å²) in [7, 11) is 1.28. The Bertz CT molecular complexity index is 1070. The number of rotatable bonds is 5. The van der Waals surface area contributed by atoms with E-state index >= 15 is 0 Å². The van der Waals surface area contributed by atoms with Crippen LogP contribution in [0.3, 0.4) is 0 Å². The highest BCUT2D eigenvalue weighted by atomic mass is 32.2. The molecule has 1 aromatic carbocycles. The number of aromatic nitrogens is 2. The highest BCUT2D eigenvalue weighted by Gasteiger charge is 2.25. The molecule has 8 heteroatoms. The lowest BCUT2D eigenvalue weighted by Gasteiger charge is -2.21. The molecular weight excluding hydrogens is 380 g/mol. The Morgan fingerprint density at radius 2 is 2.04 bits per heavy atom. The number of hydrogen-bond donors (Lipinski definition) is 3. The maximum atomic E-state index is 9.98. The van der Waals surface area contributed by atoms with Gasteiger partial charge < -0.3 is 14.9 Å². The Kier molecular flexibility index (Phi) is 4.96. The van der Waals surface area contributed by atoms with Gasteiger partial charge in [-0.3, -0.25) is 4.68 Å². The van der Waals surface area contributed by atoms with E-state index in [1.165, 1.54) is 0 Å². The molecule has 3 heterocycles. The van der Waals surface area contributed by atoms with Crippen molar-refractivity contribution < 1.29 is 10.2 Å². The van der Waals surface area contributed by atoms with Crippen LogP contribution in [0.2, 0.25) is 0 Å². The lowest BCUT2D eigenvalue weighted by Crippen LogP contribution is -2.11. The molecule has 0 aliphatic carbocycles. The van der Waals surface area contributed by atoms with Crippen LogP contribution in [0, 0.1) is 6.92 Å². The van der Waals surface area contributed by atoms with Crippen molar-refractivity contribution in [2.24, 2.45) is 12.0 Å². The lowest BCUT2D eigenvalue weighted by molar-refractivity contribution is 0.279. The molecule has 1 unspecified atom stereocenters. The third-order valence-corrected chi connectivity index (χ3v) is 7.62. The quantitative estimate of drug-likeness (QED) is 0.575. The van der Waals surface area contributed by atoms with Gasteiger partial charge in [-0.2, -0.15) is 5.10 Å². The van der Waals surface area contributed by atoms with Gasteiger partial charge in [-0.05, 0) is 23.2 Å². The van der Waals surface area contributed by atoms with E-state index in [0.29, 0.717) is 0 Å². The number of thiophene rings is 1. The molecule has 0 radical (unpaired) electrons. The number of aliphatic imine (C=N–C) groups is 1. The molecule has 1 atom stereocenters. The summed E-state index contributed by atoms with van der Waals surface area (Å²) < 4.78 is 5.30. The molecular formula is C19H20N4O2S2. The van der Waals surface area contributed by atoms with Crippen molar-refractivity contribution in [2.45, 2.75) is 25.0 Å². The molecule has 140 valence electrons. The molecule has 3 aromatic rings. The van der Waals surface area contributed by atoms with E-state index in [0.717, 1.165) is 42.0 Å². The molecule has 6 nitrogen and oxygen atoms in total. The fourth-order valence-electron chi connectivity index (χ4n) is 3.08. The first-order valence-electron chi connectivity index (χ1n) is 8.45.